The molecule has 8 nitrogen and oxygen atoms in total. The lowest BCUT2D eigenvalue weighted by molar-refractivity contribution is 0.0974. The summed E-state index contributed by atoms with van der Waals surface area (Å²) in [5.41, 5.74) is 1.32. The number of fused-ring (bicyclic) bond motifs is 3. The molecular formula is C17H23N5O3. The predicted molar refractivity (Wildman–Crippen MR) is 94.2 cm³/mol. The fourth-order valence-corrected chi connectivity index (χ4v) is 3.69. The molecule has 0 spiro atoms. The summed E-state index contributed by atoms with van der Waals surface area (Å²) in [7, 11) is 1.67. The van der Waals surface area contributed by atoms with Gasteiger partial charge >= 0.3 is 5.69 Å². The van der Waals surface area contributed by atoms with E-state index in [0.29, 0.717) is 30.0 Å². The SMILES string of the molecule is CCCn1c(=O)c2c(nc3n(C[C@@H]4CCCO4)c(C)cn23)n(C)c1=O. The Morgan fingerprint density at radius 2 is 2.12 bits per heavy atom. The fraction of sp³-hybridized carbons (Fsp3) is 0.588. The zero-order valence-corrected chi connectivity index (χ0v) is 14.9. The summed E-state index contributed by atoms with van der Waals surface area (Å²) in [5.74, 6) is 0.685. The van der Waals surface area contributed by atoms with Crippen LogP contribution in [0.25, 0.3) is 16.9 Å². The number of aromatic nitrogens is 5. The maximum absolute atomic E-state index is 12.9. The molecule has 3 aromatic heterocycles. The normalized spacial score (nSPS) is 18.0. The molecule has 0 unspecified atom stereocenters. The van der Waals surface area contributed by atoms with Crippen molar-refractivity contribution in [3.63, 3.8) is 0 Å². The van der Waals surface area contributed by atoms with Crippen LogP contribution in [0.5, 0.6) is 0 Å². The monoisotopic (exact) mass is 345 g/mol. The van der Waals surface area contributed by atoms with Crippen LogP contribution in [0.3, 0.4) is 0 Å². The predicted octanol–water partition coefficient (Wildman–Crippen LogP) is 1.05. The van der Waals surface area contributed by atoms with Crippen molar-refractivity contribution in [2.24, 2.45) is 7.05 Å². The van der Waals surface area contributed by atoms with E-state index in [-0.39, 0.29) is 17.4 Å². The van der Waals surface area contributed by atoms with Crippen LogP contribution >= 0.6 is 0 Å². The van der Waals surface area contributed by atoms with Gasteiger partial charge in [-0.15, -0.1) is 0 Å². The Morgan fingerprint density at radius 1 is 1.32 bits per heavy atom. The van der Waals surface area contributed by atoms with Crippen LogP contribution in [0.1, 0.15) is 31.9 Å². The largest absolute Gasteiger partial charge is 0.376 e. The summed E-state index contributed by atoms with van der Waals surface area (Å²) >= 11 is 0. The zero-order chi connectivity index (χ0) is 17.7. The van der Waals surface area contributed by atoms with Crippen LogP contribution < -0.4 is 11.2 Å². The molecule has 1 aliphatic rings. The fourth-order valence-electron chi connectivity index (χ4n) is 3.69. The zero-order valence-electron chi connectivity index (χ0n) is 14.9. The molecule has 0 bridgehead atoms. The smallest absolute Gasteiger partial charge is 0.332 e. The molecule has 0 aromatic carbocycles. The number of rotatable bonds is 4. The number of nitrogens with zero attached hydrogens (tertiary/aromatic N) is 5. The van der Waals surface area contributed by atoms with Gasteiger partial charge in [0.2, 0.25) is 5.78 Å². The van der Waals surface area contributed by atoms with Crippen molar-refractivity contribution in [1.29, 1.82) is 0 Å². The van der Waals surface area contributed by atoms with Crippen LogP contribution in [-0.2, 0) is 24.9 Å². The van der Waals surface area contributed by atoms with Crippen molar-refractivity contribution < 1.29 is 4.74 Å². The van der Waals surface area contributed by atoms with E-state index in [1.54, 1.807) is 7.05 Å². The third-order valence-electron chi connectivity index (χ3n) is 5.00. The number of aryl methyl sites for hydroxylation is 2. The second-order valence-corrected chi connectivity index (χ2v) is 6.77. The van der Waals surface area contributed by atoms with Crippen LogP contribution in [0.4, 0.5) is 0 Å². The first kappa shape index (κ1) is 16.1. The molecule has 4 rings (SSSR count). The van der Waals surface area contributed by atoms with Crippen molar-refractivity contribution in [2.75, 3.05) is 6.61 Å². The van der Waals surface area contributed by atoms with Crippen LogP contribution in [0, 0.1) is 6.92 Å². The van der Waals surface area contributed by atoms with Gasteiger partial charge in [0.25, 0.3) is 5.56 Å². The Hall–Kier alpha value is -2.35. The molecule has 0 radical (unpaired) electrons. The van der Waals surface area contributed by atoms with Crippen LogP contribution in [0.2, 0.25) is 0 Å². The summed E-state index contributed by atoms with van der Waals surface area (Å²) in [6.45, 7) is 5.87. The van der Waals surface area contributed by atoms with E-state index in [4.69, 9.17) is 4.74 Å². The molecule has 1 atom stereocenters. The molecule has 1 saturated heterocycles. The highest BCUT2D eigenvalue weighted by Gasteiger charge is 2.22. The third kappa shape index (κ3) is 2.35. The standard InChI is InChI=1S/C17H23N5O3/c1-4-7-20-15(23)13-14(19(3)17(20)24)18-16-21(11(2)9-22(13)16)10-12-6-5-8-25-12/h9,12H,4-8,10H2,1-3H3/t12-/m0/s1. The first-order chi connectivity index (χ1) is 12.0. The summed E-state index contributed by atoms with van der Waals surface area (Å²) in [4.78, 5) is 30.0. The van der Waals surface area contributed by atoms with Crippen molar-refractivity contribution in [2.45, 2.75) is 52.3 Å². The molecule has 4 heterocycles. The molecule has 1 fully saturated rings. The average Bonchev–Trinajstić information content (AvgIpc) is 3.28. The Bertz CT molecular complexity index is 1060. The lowest BCUT2D eigenvalue weighted by Crippen LogP contribution is -2.39. The highest BCUT2D eigenvalue weighted by atomic mass is 16.5. The van der Waals surface area contributed by atoms with Gasteiger partial charge in [0.15, 0.2) is 11.2 Å². The third-order valence-corrected chi connectivity index (χ3v) is 5.00. The van der Waals surface area contributed by atoms with Gasteiger partial charge in [-0.3, -0.25) is 18.3 Å². The van der Waals surface area contributed by atoms with Crippen LogP contribution in [-0.4, -0.2) is 35.8 Å². The van der Waals surface area contributed by atoms with Crippen LogP contribution in [0.15, 0.2) is 15.8 Å². The van der Waals surface area contributed by atoms with E-state index in [1.807, 2.05) is 24.4 Å². The second kappa shape index (κ2) is 5.87. The maximum Gasteiger partial charge on any atom is 0.332 e. The lowest BCUT2D eigenvalue weighted by atomic mass is 10.2. The lowest BCUT2D eigenvalue weighted by Gasteiger charge is -2.11. The Morgan fingerprint density at radius 3 is 2.80 bits per heavy atom. The number of ether oxygens (including phenoxy) is 1. The molecule has 0 aliphatic carbocycles. The molecule has 25 heavy (non-hydrogen) atoms. The highest BCUT2D eigenvalue weighted by Crippen LogP contribution is 2.20. The first-order valence-electron chi connectivity index (χ1n) is 8.82. The van der Waals surface area contributed by atoms with Gasteiger partial charge < -0.3 is 9.30 Å². The Labute approximate surface area is 144 Å². The summed E-state index contributed by atoms with van der Waals surface area (Å²) in [5, 5.41) is 0. The van der Waals surface area contributed by atoms with Gasteiger partial charge in [-0.25, -0.2) is 4.79 Å². The van der Waals surface area contributed by atoms with Crippen molar-refractivity contribution >= 4 is 16.9 Å². The van der Waals surface area contributed by atoms with Gasteiger partial charge in [0.05, 0.1) is 12.6 Å². The molecule has 134 valence electrons. The molecule has 0 saturated carbocycles. The molecule has 0 N–H and O–H groups in total. The van der Waals surface area contributed by atoms with E-state index >= 15 is 0 Å². The molecule has 1 aliphatic heterocycles. The maximum atomic E-state index is 12.9. The second-order valence-electron chi connectivity index (χ2n) is 6.77. The summed E-state index contributed by atoms with van der Waals surface area (Å²) in [6.07, 6.45) is 4.93. The Kier molecular flexibility index (Phi) is 3.79. The Balaban J connectivity index is 1.98. The average molecular weight is 345 g/mol. The molecule has 8 heteroatoms. The summed E-state index contributed by atoms with van der Waals surface area (Å²) < 4.78 is 12.4. The van der Waals surface area contributed by atoms with Gasteiger partial charge in [-0.05, 0) is 26.2 Å². The molecule has 3 aromatic rings. The van der Waals surface area contributed by atoms with E-state index in [2.05, 4.69) is 9.55 Å². The van der Waals surface area contributed by atoms with Gasteiger partial charge in [0.1, 0.15) is 0 Å². The number of imidazole rings is 2. The van der Waals surface area contributed by atoms with Gasteiger partial charge in [-0.1, -0.05) is 6.92 Å². The number of hydrogen-bond donors (Lipinski definition) is 0. The van der Waals surface area contributed by atoms with E-state index in [9.17, 15) is 9.59 Å². The molecular weight excluding hydrogens is 322 g/mol. The highest BCUT2D eigenvalue weighted by molar-refractivity contribution is 5.75. The van der Waals surface area contributed by atoms with Crippen molar-refractivity contribution in [3.8, 4) is 0 Å². The van der Waals surface area contributed by atoms with Crippen molar-refractivity contribution in [1.82, 2.24) is 23.1 Å². The first-order valence-corrected chi connectivity index (χ1v) is 8.82. The quantitative estimate of drug-likeness (QED) is 0.708. The summed E-state index contributed by atoms with van der Waals surface area (Å²) in [6, 6.07) is 0. The molecule has 0 amide bonds. The minimum atomic E-state index is -0.317. The van der Waals surface area contributed by atoms with E-state index < -0.39 is 0 Å². The topological polar surface area (TPSA) is 75.5 Å². The van der Waals surface area contributed by atoms with E-state index in [1.165, 1.54) is 9.13 Å². The minimum absolute atomic E-state index is 0.176. The van der Waals surface area contributed by atoms with Crippen molar-refractivity contribution in [3.05, 3.63) is 32.7 Å². The van der Waals surface area contributed by atoms with E-state index in [0.717, 1.165) is 31.6 Å². The van der Waals surface area contributed by atoms with Gasteiger partial charge in [-0.2, -0.15) is 4.98 Å². The van der Waals surface area contributed by atoms with Gasteiger partial charge in [0, 0.05) is 32.1 Å². The minimum Gasteiger partial charge on any atom is -0.376 e. The number of hydrogen-bond acceptors (Lipinski definition) is 4.